The van der Waals surface area contributed by atoms with Crippen molar-refractivity contribution in [3.05, 3.63) is 63.5 Å². The van der Waals surface area contributed by atoms with Crippen molar-refractivity contribution >= 4 is 16.9 Å². The molecule has 1 aliphatic rings. The first-order valence-corrected chi connectivity index (χ1v) is 9.24. The van der Waals surface area contributed by atoms with E-state index in [0.29, 0.717) is 22.9 Å². The maximum absolute atomic E-state index is 12.4. The first-order chi connectivity index (χ1) is 13.7. The Bertz CT molecular complexity index is 1040. The van der Waals surface area contributed by atoms with Gasteiger partial charge in [-0.1, -0.05) is 0 Å². The number of aromatic nitrogens is 3. The number of fused-ring (bicyclic) bond motifs is 1. The Balaban J connectivity index is 0.000000204. The molecule has 3 aromatic rings. The zero-order valence-electron chi connectivity index (χ0n) is 16.2. The number of rotatable bonds is 1. The molecule has 3 heterocycles. The summed E-state index contributed by atoms with van der Waals surface area (Å²) >= 11 is 0. The largest absolute Gasteiger partial charge is 0.355 e. The fourth-order valence-corrected chi connectivity index (χ4v) is 3.15. The van der Waals surface area contributed by atoms with E-state index in [1.807, 2.05) is 12.1 Å². The summed E-state index contributed by atoms with van der Waals surface area (Å²) in [5, 5.41) is 0. The van der Waals surface area contributed by atoms with E-state index in [9.17, 15) is 18.0 Å². The highest BCUT2D eigenvalue weighted by molar-refractivity contribution is 5.75. The second-order valence-electron chi connectivity index (χ2n) is 7.05. The maximum atomic E-state index is 12.4. The summed E-state index contributed by atoms with van der Waals surface area (Å²) in [6.07, 6.45) is 2.11. The van der Waals surface area contributed by atoms with Gasteiger partial charge in [0.15, 0.2) is 17.2 Å². The lowest BCUT2D eigenvalue weighted by Gasteiger charge is -2.31. The van der Waals surface area contributed by atoms with Gasteiger partial charge in [0.05, 0.1) is 5.52 Å². The number of pyridine rings is 1. The first-order valence-electron chi connectivity index (χ1n) is 9.24. The Morgan fingerprint density at radius 3 is 2.52 bits per heavy atom. The molecule has 0 amide bonds. The van der Waals surface area contributed by atoms with Crippen LogP contribution in [0.4, 0.5) is 19.0 Å². The van der Waals surface area contributed by atoms with Crippen LogP contribution in [0.15, 0.2) is 29.1 Å². The van der Waals surface area contributed by atoms with Crippen molar-refractivity contribution in [1.82, 2.24) is 15.0 Å². The maximum Gasteiger partial charge on any atom is 0.277 e. The van der Waals surface area contributed by atoms with Gasteiger partial charge in [0.1, 0.15) is 17.5 Å². The molecule has 2 aromatic heterocycles. The molecule has 0 bridgehead atoms. The second kappa shape index (κ2) is 8.60. The van der Waals surface area contributed by atoms with Crippen molar-refractivity contribution < 1.29 is 13.2 Å². The van der Waals surface area contributed by atoms with Crippen LogP contribution in [0.3, 0.4) is 0 Å². The molecule has 0 aliphatic carbocycles. The van der Waals surface area contributed by atoms with E-state index in [1.165, 1.54) is 6.92 Å². The predicted molar refractivity (Wildman–Crippen MR) is 105 cm³/mol. The van der Waals surface area contributed by atoms with E-state index in [1.54, 1.807) is 6.92 Å². The van der Waals surface area contributed by atoms with Gasteiger partial charge in [-0.05, 0) is 50.5 Å². The van der Waals surface area contributed by atoms with Gasteiger partial charge in [0.2, 0.25) is 0 Å². The Labute approximate surface area is 165 Å². The molecule has 154 valence electrons. The fraction of sp³-hybridized carbons (Fsp3) is 0.350. The number of piperidine rings is 1. The SMILES string of the molecule is Cc1cc(F)c(F)cc1F.Cc1nc2ccc(N3CCC[C@@H](N)C3)nc2c(=O)[nH]1. The van der Waals surface area contributed by atoms with Crippen LogP contribution in [0.5, 0.6) is 0 Å². The van der Waals surface area contributed by atoms with Gasteiger partial charge in [-0.15, -0.1) is 0 Å². The van der Waals surface area contributed by atoms with Crippen molar-refractivity contribution in [2.45, 2.75) is 32.7 Å². The lowest BCUT2D eigenvalue weighted by atomic mass is 10.1. The molecule has 3 N–H and O–H groups in total. The van der Waals surface area contributed by atoms with Crippen LogP contribution in [0.25, 0.3) is 11.0 Å². The minimum absolute atomic E-state index is 0.110. The Kier molecular flexibility index (Phi) is 6.17. The molecule has 9 heteroatoms. The third kappa shape index (κ3) is 4.92. The number of benzene rings is 1. The highest BCUT2D eigenvalue weighted by Gasteiger charge is 2.18. The molecule has 1 aromatic carbocycles. The number of nitrogens with one attached hydrogen (secondary N) is 1. The smallest absolute Gasteiger partial charge is 0.277 e. The third-order valence-corrected chi connectivity index (χ3v) is 4.64. The normalized spacial score (nSPS) is 16.5. The molecule has 6 nitrogen and oxygen atoms in total. The van der Waals surface area contributed by atoms with E-state index >= 15 is 0 Å². The molecule has 0 spiro atoms. The van der Waals surface area contributed by atoms with Crippen LogP contribution < -0.4 is 16.2 Å². The van der Waals surface area contributed by atoms with Crippen LogP contribution >= 0.6 is 0 Å². The molecule has 29 heavy (non-hydrogen) atoms. The molecule has 0 saturated carbocycles. The number of anilines is 1. The molecule has 1 aliphatic heterocycles. The summed E-state index contributed by atoms with van der Waals surface area (Å²) in [6, 6.07) is 5.29. The number of halogens is 3. The lowest BCUT2D eigenvalue weighted by molar-refractivity contribution is 0.492. The minimum atomic E-state index is -1.15. The number of nitrogens with zero attached hydrogens (tertiary/aromatic N) is 3. The number of H-pyrrole nitrogens is 1. The molecule has 1 saturated heterocycles. The van der Waals surface area contributed by atoms with E-state index in [-0.39, 0.29) is 17.2 Å². The molecule has 0 unspecified atom stereocenters. The Morgan fingerprint density at radius 2 is 1.83 bits per heavy atom. The van der Waals surface area contributed by atoms with E-state index in [2.05, 4.69) is 19.9 Å². The standard InChI is InChI=1S/C13H17N5O.C7H5F3/c1-8-15-10-4-5-11(17-12(10)13(19)16-8)18-6-2-3-9(14)7-18;1-4-2-6(9)7(10)3-5(4)8/h4-5,9H,2-3,6-7,14H2,1H3,(H,15,16,19);2-3H,1H3/t9-;/m1./s1. The lowest BCUT2D eigenvalue weighted by Crippen LogP contribution is -2.43. The summed E-state index contributed by atoms with van der Waals surface area (Å²) in [4.78, 5) is 25.4. The first kappa shape index (κ1) is 20.8. The van der Waals surface area contributed by atoms with Crippen molar-refractivity contribution in [3.63, 3.8) is 0 Å². The molecular formula is C20H22F3N5O. The van der Waals surface area contributed by atoms with Gasteiger partial charge < -0.3 is 15.6 Å². The molecule has 1 fully saturated rings. The zero-order valence-corrected chi connectivity index (χ0v) is 16.2. The van der Waals surface area contributed by atoms with Crippen LogP contribution in [0.2, 0.25) is 0 Å². The predicted octanol–water partition coefficient (Wildman–Crippen LogP) is 2.97. The van der Waals surface area contributed by atoms with Crippen molar-refractivity contribution in [2.75, 3.05) is 18.0 Å². The van der Waals surface area contributed by atoms with Gasteiger partial charge in [-0.2, -0.15) is 0 Å². The Hall–Kier alpha value is -2.94. The van der Waals surface area contributed by atoms with Crippen LogP contribution in [0, 0.1) is 31.3 Å². The summed E-state index contributed by atoms with van der Waals surface area (Å²) in [5.41, 5.74) is 6.92. The second-order valence-corrected chi connectivity index (χ2v) is 7.05. The molecular weight excluding hydrogens is 383 g/mol. The number of aromatic amines is 1. The highest BCUT2D eigenvalue weighted by atomic mass is 19.2. The molecule has 1 atom stereocenters. The average molecular weight is 405 g/mol. The van der Waals surface area contributed by atoms with Gasteiger partial charge in [0, 0.05) is 25.2 Å². The van der Waals surface area contributed by atoms with E-state index < -0.39 is 17.5 Å². The van der Waals surface area contributed by atoms with Crippen molar-refractivity contribution in [2.24, 2.45) is 5.73 Å². The summed E-state index contributed by atoms with van der Waals surface area (Å²) in [5.74, 6) is -1.48. The van der Waals surface area contributed by atoms with Crippen LogP contribution in [0.1, 0.15) is 24.2 Å². The van der Waals surface area contributed by atoms with E-state index in [0.717, 1.165) is 37.8 Å². The van der Waals surface area contributed by atoms with Gasteiger partial charge in [-0.3, -0.25) is 4.79 Å². The third-order valence-electron chi connectivity index (χ3n) is 4.64. The van der Waals surface area contributed by atoms with Crippen LogP contribution in [-0.2, 0) is 0 Å². The molecule has 4 rings (SSSR count). The number of hydrogen-bond acceptors (Lipinski definition) is 5. The van der Waals surface area contributed by atoms with Crippen molar-refractivity contribution in [3.8, 4) is 0 Å². The van der Waals surface area contributed by atoms with Crippen LogP contribution in [-0.4, -0.2) is 34.1 Å². The highest BCUT2D eigenvalue weighted by Crippen LogP contribution is 2.19. The number of nitrogens with two attached hydrogens (primary N) is 1. The Morgan fingerprint density at radius 1 is 1.10 bits per heavy atom. The number of hydrogen-bond donors (Lipinski definition) is 2. The van der Waals surface area contributed by atoms with Gasteiger partial charge >= 0.3 is 0 Å². The molecule has 0 radical (unpaired) electrons. The fourth-order valence-electron chi connectivity index (χ4n) is 3.15. The summed E-state index contributed by atoms with van der Waals surface area (Å²) in [7, 11) is 0. The average Bonchev–Trinajstić information content (AvgIpc) is 2.67. The summed E-state index contributed by atoms with van der Waals surface area (Å²) in [6.45, 7) is 4.86. The van der Waals surface area contributed by atoms with E-state index in [4.69, 9.17) is 5.73 Å². The monoisotopic (exact) mass is 405 g/mol. The van der Waals surface area contributed by atoms with Gasteiger partial charge in [0.25, 0.3) is 5.56 Å². The quantitative estimate of drug-likeness (QED) is 0.608. The number of aryl methyl sites for hydroxylation is 2. The van der Waals surface area contributed by atoms with Crippen molar-refractivity contribution in [1.29, 1.82) is 0 Å². The zero-order chi connectivity index (χ0) is 21.1. The topological polar surface area (TPSA) is 87.9 Å². The minimum Gasteiger partial charge on any atom is -0.355 e. The summed E-state index contributed by atoms with van der Waals surface area (Å²) < 4.78 is 36.7. The van der Waals surface area contributed by atoms with Gasteiger partial charge in [-0.25, -0.2) is 23.1 Å².